The number of hydrogen-bond acceptors (Lipinski definition) is 4. The second-order valence-electron chi connectivity index (χ2n) is 17.5. The Bertz CT molecular complexity index is 694. The standard InChI is InChI=1S/2C11H22O.C9H16O.C9H18O/c2*1-9(2)11(10(3)4)6-5-7-12-8-11;1-7-5-8(2)9(7)3-4-10-6-9;1-7(2)9(8(3)4)5-10-6-9/h2*9-10H,5-8H2,1-4H3;7-8H,3-6H2,1-2H3;7-8H,5-6H2,1-4H3. The van der Waals surface area contributed by atoms with E-state index in [9.17, 15) is 0 Å². The summed E-state index contributed by atoms with van der Waals surface area (Å²) in [5.41, 5.74) is 2.02. The summed E-state index contributed by atoms with van der Waals surface area (Å²) in [7, 11) is 0. The second-order valence-corrected chi connectivity index (χ2v) is 17.5. The highest BCUT2D eigenvalue weighted by atomic mass is 16.5. The van der Waals surface area contributed by atoms with Crippen LogP contribution in [0.4, 0.5) is 0 Å². The minimum Gasteiger partial charge on any atom is -0.381 e. The molecular formula is C40H78O4. The molecule has 4 saturated heterocycles. The summed E-state index contributed by atoms with van der Waals surface area (Å²) >= 11 is 0. The molecule has 0 aromatic carbocycles. The summed E-state index contributed by atoms with van der Waals surface area (Å²) in [5, 5.41) is 0. The van der Waals surface area contributed by atoms with Gasteiger partial charge in [0.15, 0.2) is 0 Å². The molecule has 0 bridgehead atoms. The van der Waals surface area contributed by atoms with E-state index in [2.05, 4.69) is 96.9 Å². The van der Waals surface area contributed by atoms with Gasteiger partial charge in [0.25, 0.3) is 0 Å². The Morgan fingerprint density at radius 2 is 0.750 bits per heavy atom. The molecule has 4 heteroatoms. The average molecular weight is 623 g/mol. The maximum Gasteiger partial charge on any atom is 0.0549 e. The topological polar surface area (TPSA) is 36.9 Å². The third-order valence-electron chi connectivity index (χ3n) is 14.0. The fourth-order valence-corrected chi connectivity index (χ4v) is 9.20. The molecule has 1 aliphatic carbocycles. The maximum atomic E-state index is 5.61. The highest BCUT2D eigenvalue weighted by molar-refractivity contribution is 5.00. The quantitative estimate of drug-likeness (QED) is 0.295. The van der Waals surface area contributed by atoms with Crippen molar-refractivity contribution < 1.29 is 18.9 Å². The van der Waals surface area contributed by atoms with E-state index in [1.807, 2.05) is 0 Å². The summed E-state index contributed by atoms with van der Waals surface area (Å²) in [5.74, 6) is 6.36. The molecule has 0 amide bonds. The van der Waals surface area contributed by atoms with Crippen LogP contribution in [0.2, 0.25) is 0 Å². The van der Waals surface area contributed by atoms with Gasteiger partial charge in [-0.2, -0.15) is 0 Å². The Morgan fingerprint density at radius 1 is 0.409 bits per heavy atom. The van der Waals surface area contributed by atoms with E-state index >= 15 is 0 Å². The van der Waals surface area contributed by atoms with E-state index in [-0.39, 0.29) is 0 Å². The van der Waals surface area contributed by atoms with Gasteiger partial charge in [0.1, 0.15) is 0 Å². The van der Waals surface area contributed by atoms with Gasteiger partial charge in [-0.05, 0) is 96.7 Å². The predicted molar refractivity (Wildman–Crippen MR) is 188 cm³/mol. The van der Waals surface area contributed by atoms with Gasteiger partial charge in [-0.3, -0.25) is 0 Å². The first-order valence-electron chi connectivity index (χ1n) is 18.8. The van der Waals surface area contributed by atoms with Gasteiger partial charge < -0.3 is 18.9 Å². The molecule has 2 atom stereocenters. The van der Waals surface area contributed by atoms with E-state index in [4.69, 9.17) is 18.9 Å². The Morgan fingerprint density at radius 3 is 0.886 bits per heavy atom. The van der Waals surface area contributed by atoms with Gasteiger partial charge in [0.2, 0.25) is 0 Å². The molecule has 1 spiro atoms. The normalized spacial score (nSPS) is 30.3. The van der Waals surface area contributed by atoms with Crippen LogP contribution in [0.1, 0.15) is 135 Å². The molecule has 0 N–H and O–H groups in total. The van der Waals surface area contributed by atoms with Crippen LogP contribution in [0.15, 0.2) is 0 Å². The molecule has 1 saturated carbocycles. The predicted octanol–water partition coefficient (Wildman–Crippen LogP) is 10.6. The van der Waals surface area contributed by atoms with Crippen LogP contribution in [0.3, 0.4) is 0 Å². The van der Waals surface area contributed by atoms with Crippen LogP contribution in [-0.2, 0) is 18.9 Å². The molecule has 5 rings (SSSR count). The van der Waals surface area contributed by atoms with Crippen molar-refractivity contribution in [3.8, 4) is 0 Å². The average Bonchev–Trinajstić information content (AvgIpc) is 3.48. The fraction of sp³-hybridized carbons (Fsp3) is 1.00. The van der Waals surface area contributed by atoms with Crippen molar-refractivity contribution in [3.63, 3.8) is 0 Å². The molecular weight excluding hydrogens is 544 g/mol. The van der Waals surface area contributed by atoms with Crippen LogP contribution in [0.5, 0.6) is 0 Å². The summed E-state index contributed by atoms with van der Waals surface area (Å²) in [6, 6.07) is 0. The molecule has 0 aromatic rings. The molecule has 44 heavy (non-hydrogen) atoms. The Balaban J connectivity index is 0.000000205. The van der Waals surface area contributed by atoms with Crippen molar-refractivity contribution >= 4 is 0 Å². The zero-order valence-corrected chi connectivity index (χ0v) is 32.2. The molecule has 4 aliphatic heterocycles. The van der Waals surface area contributed by atoms with Crippen LogP contribution in [0.25, 0.3) is 0 Å². The van der Waals surface area contributed by atoms with Crippen molar-refractivity contribution in [1.82, 2.24) is 0 Å². The smallest absolute Gasteiger partial charge is 0.0549 e. The summed E-state index contributed by atoms with van der Waals surface area (Å²) in [6.45, 7) is 40.4. The summed E-state index contributed by atoms with van der Waals surface area (Å²) in [6.07, 6.45) is 7.93. The van der Waals surface area contributed by atoms with Gasteiger partial charge in [0, 0.05) is 30.7 Å². The molecule has 0 radical (unpaired) electrons. The van der Waals surface area contributed by atoms with Gasteiger partial charge in [0.05, 0.1) is 33.0 Å². The molecule has 262 valence electrons. The first-order valence-corrected chi connectivity index (χ1v) is 18.8. The second kappa shape index (κ2) is 17.3. The third kappa shape index (κ3) is 8.84. The van der Waals surface area contributed by atoms with E-state index < -0.39 is 0 Å². The lowest BCUT2D eigenvalue weighted by Crippen LogP contribution is -2.50. The Hall–Kier alpha value is -0.160. The maximum absolute atomic E-state index is 5.61. The van der Waals surface area contributed by atoms with Crippen LogP contribution in [0, 0.1) is 69.0 Å². The molecule has 0 aromatic heterocycles. The summed E-state index contributed by atoms with van der Waals surface area (Å²) in [4.78, 5) is 0. The largest absolute Gasteiger partial charge is 0.381 e. The Kier molecular flexibility index (Phi) is 15.7. The van der Waals surface area contributed by atoms with Crippen molar-refractivity contribution in [2.24, 2.45) is 69.0 Å². The number of hydrogen-bond donors (Lipinski definition) is 0. The highest BCUT2D eigenvalue weighted by Crippen LogP contribution is 2.56. The first-order chi connectivity index (χ1) is 20.5. The zero-order chi connectivity index (χ0) is 33.3. The minimum absolute atomic E-state index is 0.457. The van der Waals surface area contributed by atoms with Gasteiger partial charge in [-0.25, -0.2) is 0 Å². The number of rotatable bonds is 6. The number of ether oxygens (including phenoxy) is 4. The van der Waals surface area contributed by atoms with Gasteiger partial charge in [-0.15, -0.1) is 0 Å². The molecule has 4 nitrogen and oxygen atoms in total. The SMILES string of the molecule is CC(C)C1(C(C)C)CCCOC1.CC(C)C1(C(C)C)CCCOC1.CC(C)C1(C(C)C)COC1.CC1CC(C)C12CCOC2. The lowest BCUT2D eigenvalue weighted by Gasteiger charge is -2.50. The monoisotopic (exact) mass is 623 g/mol. The molecule has 5 aliphatic rings. The van der Waals surface area contributed by atoms with E-state index in [0.717, 1.165) is 100 Å². The van der Waals surface area contributed by atoms with E-state index in [1.54, 1.807) is 0 Å². The lowest BCUT2D eigenvalue weighted by atomic mass is 9.54. The third-order valence-corrected chi connectivity index (χ3v) is 14.0. The Labute approximate surface area is 275 Å². The summed E-state index contributed by atoms with van der Waals surface area (Å²) < 4.78 is 21.9. The van der Waals surface area contributed by atoms with Gasteiger partial charge >= 0.3 is 0 Å². The lowest BCUT2D eigenvalue weighted by molar-refractivity contribution is -0.164. The zero-order valence-electron chi connectivity index (χ0n) is 32.2. The van der Waals surface area contributed by atoms with Gasteiger partial charge in [-0.1, -0.05) is 96.9 Å². The van der Waals surface area contributed by atoms with Crippen LogP contribution < -0.4 is 0 Å². The van der Waals surface area contributed by atoms with Crippen LogP contribution in [-0.4, -0.2) is 52.9 Å². The van der Waals surface area contributed by atoms with Crippen molar-refractivity contribution in [2.75, 3.05) is 52.9 Å². The fourth-order valence-electron chi connectivity index (χ4n) is 9.20. The van der Waals surface area contributed by atoms with E-state index in [1.165, 1.54) is 38.5 Å². The molecule has 2 unspecified atom stereocenters. The first kappa shape index (κ1) is 40.0. The van der Waals surface area contributed by atoms with E-state index in [0.29, 0.717) is 21.7 Å². The minimum atomic E-state index is 0.457. The highest BCUT2D eigenvalue weighted by Gasteiger charge is 2.52. The molecule has 4 heterocycles. The van der Waals surface area contributed by atoms with Crippen molar-refractivity contribution in [3.05, 3.63) is 0 Å². The van der Waals surface area contributed by atoms with Crippen molar-refractivity contribution in [2.45, 2.75) is 135 Å². The van der Waals surface area contributed by atoms with Crippen molar-refractivity contribution in [1.29, 1.82) is 0 Å². The molecule has 5 fully saturated rings. The van der Waals surface area contributed by atoms with Crippen LogP contribution >= 0.6 is 0 Å².